The van der Waals surface area contributed by atoms with Crippen LogP contribution in [0.1, 0.15) is 32.1 Å². The Bertz CT molecular complexity index is 341. The fourth-order valence-corrected chi connectivity index (χ4v) is 1.67. The van der Waals surface area contributed by atoms with Crippen LogP contribution in [0.4, 0.5) is 0 Å². The maximum absolute atomic E-state index is 11.5. The highest BCUT2D eigenvalue weighted by atomic mass is 16.5. The minimum atomic E-state index is 0.0701. The van der Waals surface area contributed by atoms with Gasteiger partial charge in [-0.25, -0.2) is 0 Å². The van der Waals surface area contributed by atoms with E-state index in [9.17, 15) is 4.79 Å². The third kappa shape index (κ3) is 8.21. The standard InChI is InChI=1S/C15H23NO3/c17-12-6-2-5-11-16-15(18)10-7-13-19-14-8-3-1-4-9-14/h1,3-4,8-9,17H,2,5-7,10-13H2,(H,16,18). The van der Waals surface area contributed by atoms with E-state index in [1.54, 1.807) is 0 Å². The first-order chi connectivity index (χ1) is 9.33. The number of aliphatic hydroxyl groups excluding tert-OH is 1. The molecule has 0 bridgehead atoms. The zero-order valence-corrected chi connectivity index (χ0v) is 11.3. The summed E-state index contributed by atoms with van der Waals surface area (Å²) in [5, 5.41) is 11.5. The first-order valence-corrected chi connectivity index (χ1v) is 6.88. The minimum Gasteiger partial charge on any atom is -0.494 e. The summed E-state index contributed by atoms with van der Waals surface area (Å²) >= 11 is 0. The SMILES string of the molecule is O=C(CCCOc1ccccc1)NCCCCCO. The molecule has 0 aliphatic rings. The molecule has 0 saturated heterocycles. The van der Waals surface area contributed by atoms with Gasteiger partial charge in [-0.15, -0.1) is 0 Å². The summed E-state index contributed by atoms with van der Waals surface area (Å²) in [6.45, 7) is 1.48. The van der Waals surface area contributed by atoms with Crippen LogP contribution < -0.4 is 10.1 Å². The van der Waals surface area contributed by atoms with E-state index in [4.69, 9.17) is 9.84 Å². The van der Waals surface area contributed by atoms with Gasteiger partial charge in [-0.2, -0.15) is 0 Å². The maximum Gasteiger partial charge on any atom is 0.220 e. The lowest BCUT2D eigenvalue weighted by molar-refractivity contribution is -0.121. The lowest BCUT2D eigenvalue weighted by atomic mass is 10.2. The Morgan fingerprint density at radius 2 is 1.89 bits per heavy atom. The van der Waals surface area contributed by atoms with E-state index in [2.05, 4.69) is 5.32 Å². The molecule has 0 atom stereocenters. The summed E-state index contributed by atoms with van der Waals surface area (Å²) in [5.41, 5.74) is 0. The number of aliphatic hydroxyl groups is 1. The second-order valence-electron chi connectivity index (χ2n) is 4.40. The zero-order valence-electron chi connectivity index (χ0n) is 11.3. The van der Waals surface area contributed by atoms with Gasteiger partial charge in [-0.3, -0.25) is 4.79 Å². The third-order valence-electron chi connectivity index (χ3n) is 2.72. The molecule has 0 aromatic heterocycles. The summed E-state index contributed by atoms with van der Waals surface area (Å²) in [4.78, 5) is 11.5. The number of ether oxygens (including phenoxy) is 1. The van der Waals surface area contributed by atoms with Crippen molar-refractivity contribution in [3.05, 3.63) is 30.3 Å². The fraction of sp³-hybridized carbons (Fsp3) is 0.533. The summed E-state index contributed by atoms with van der Waals surface area (Å²) in [6, 6.07) is 9.60. The van der Waals surface area contributed by atoms with Gasteiger partial charge in [0.15, 0.2) is 0 Å². The average Bonchev–Trinajstić information content (AvgIpc) is 2.44. The van der Waals surface area contributed by atoms with Crippen LogP contribution in [0.5, 0.6) is 5.75 Å². The van der Waals surface area contributed by atoms with Crippen molar-refractivity contribution in [3.63, 3.8) is 0 Å². The van der Waals surface area contributed by atoms with Crippen molar-refractivity contribution in [2.45, 2.75) is 32.1 Å². The van der Waals surface area contributed by atoms with E-state index in [1.165, 1.54) is 0 Å². The number of carbonyl (C=O) groups excluding carboxylic acids is 1. The van der Waals surface area contributed by atoms with Gasteiger partial charge >= 0.3 is 0 Å². The van der Waals surface area contributed by atoms with E-state index >= 15 is 0 Å². The Morgan fingerprint density at radius 1 is 1.11 bits per heavy atom. The molecule has 0 unspecified atom stereocenters. The molecular formula is C15H23NO3. The van der Waals surface area contributed by atoms with E-state index < -0.39 is 0 Å². The number of hydrogen-bond donors (Lipinski definition) is 2. The van der Waals surface area contributed by atoms with E-state index in [1.807, 2.05) is 30.3 Å². The number of carbonyl (C=O) groups is 1. The van der Waals surface area contributed by atoms with Gasteiger partial charge in [0.1, 0.15) is 5.75 Å². The van der Waals surface area contributed by atoms with Crippen molar-refractivity contribution in [3.8, 4) is 5.75 Å². The summed E-state index contributed by atoms with van der Waals surface area (Å²) < 4.78 is 5.51. The molecule has 106 valence electrons. The highest BCUT2D eigenvalue weighted by Crippen LogP contribution is 2.08. The van der Waals surface area contributed by atoms with Gasteiger partial charge < -0.3 is 15.2 Å². The minimum absolute atomic E-state index is 0.0701. The van der Waals surface area contributed by atoms with E-state index in [-0.39, 0.29) is 12.5 Å². The van der Waals surface area contributed by atoms with E-state index in [0.29, 0.717) is 19.6 Å². The summed E-state index contributed by atoms with van der Waals surface area (Å²) in [7, 11) is 0. The molecular weight excluding hydrogens is 242 g/mol. The van der Waals surface area contributed by atoms with Crippen LogP contribution >= 0.6 is 0 Å². The number of nitrogens with one attached hydrogen (secondary N) is 1. The zero-order chi connectivity index (χ0) is 13.8. The molecule has 1 aromatic carbocycles. The number of benzene rings is 1. The Balaban J connectivity index is 1.95. The maximum atomic E-state index is 11.5. The second kappa shape index (κ2) is 10.4. The van der Waals surface area contributed by atoms with Gasteiger partial charge in [-0.05, 0) is 37.8 Å². The van der Waals surface area contributed by atoms with Crippen molar-refractivity contribution in [2.75, 3.05) is 19.8 Å². The monoisotopic (exact) mass is 265 g/mol. The van der Waals surface area contributed by atoms with Crippen LogP contribution in [0.15, 0.2) is 30.3 Å². The lowest BCUT2D eigenvalue weighted by Crippen LogP contribution is -2.24. The lowest BCUT2D eigenvalue weighted by Gasteiger charge is -2.06. The Kier molecular flexibility index (Phi) is 8.47. The van der Waals surface area contributed by atoms with Crippen molar-refractivity contribution < 1.29 is 14.6 Å². The molecule has 19 heavy (non-hydrogen) atoms. The number of unbranched alkanes of at least 4 members (excludes halogenated alkanes) is 2. The van der Waals surface area contributed by atoms with Gasteiger partial charge in [0, 0.05) is 19.6 Å². The van der Waals surface area contributed by atoms with Crippen LogP contribution in [-0.4, -0.2) is 30.8 Å². The largest absolute Gasteiger partial charge is 0.494 e. The van der Waals surface area contributed by atoms with Crippen LogP contribution in [0.2, 0.25) is 0 Å². The molecule has 1 aromatic rings. The van der Waals surface area contributed by atoms with Gasteiger partial charge in [0.25, 0.3) is 0 Å². The Morgan fingerprint density at radius 3 is 2.63 bits per heavy atom. The normalized spacial score (nSPS) is 10.2. The molecule has 4 heteroatoms. The molecule has 0 fully saturated rings. The van der Waals surface area contributed by atoms with Gasteiger partial charge in [-0.1, -0.05) is 18.2 Å². The predicted octanol–water partition coefficient (Wildman–Crippen LogP) is 2.12. The van der Waals surface area contributed by atoms with E-state index in [0.717, 1.165) is 31.4 Å². The fourth-order valence-electron chi connectivity index (χ4n) is 1.67. The number of rotatable bonds is 10. The molecule has 0 aliphatic heterocycles. The number of amides is 1. The predicted molar refractivity (Wildman–Crippen MR) is 75.1 cm³/mol. The molecule has 2 N–H and O–H groups in total. The van der Waals surface area contributed by atoms with Crippen molar-refractivity contribution in [2.24, 2.45) is 0 Å². The number of hydrogen-bond acceptors (Lipinski definition) is 3. The quantitative estimate of drug-likeness (QED) is 0.637. The Labute approximate surface area is 114 Å². The first kappa shape index (κ1) is 15.5. The molecule has 1 amide bonds. The summed E-state index contributed by atoms with van der Waals surface area (Å²) in [6.07, 6.45) is 3.89. The van der Waals surface area contributed by atoms with Crippen LogP contribution in [0.3, 0.4) is 0 Å². The second-order valence-corrected chi connectivity index (χ2v) is 4.40. The third-order valence-corrected chi connectivity index (χ3v) is 2.72. The highest BCUT2D eigenvalue weighted by molar-refractivity contribution is 5.75. The molecule has 0 spiro atoms. The average molecular weight is 265 g/mol. The number of para-hydroxylation sites is 1. The van der Waals surface area contributed by atoms with Crippen LogP contribution in [0, 0.1) is 0 Å². The smallest absolute Gasteiger partial charge is 0.220 e. The van der Waals surface area contributed by atoms with Crippen LogP contribution in [-0.2, 0) is 4.79 Å². The van der Waals surface area contributed by atoms with Crippen molar-refractivity contribution in [1.29, 1.82) is 0 Å². The molecule has 0 radical (unpaired) electrons. The topological polar surface area (TPSA) is 58.6 Å². The molecule has 0 heterocycles. The summed E-state index contributed by atoms with van der Waals surface area (Å²) in [5.74, 6) is 0.910. The van der Waals surface area contributed by atoms with Crippen LogP contribution in [0.25, 0.3) is 0 Å². The Hall–Kier alpha value is -1.55. The molecule has 4 nitrogen and oxygen atoms in total. The van der Waals surface area contributed by atoms with Crippen molar-refractivity contribution in [1.82, 2.24) is 5.32 Å². The molecule has 1 rings (SSSR count). The van der Waals surface area contributed by atoms with Gasteiger partial charge in [0.2, 0.25) is 5.91 Å². The van der Waals surface area contributed by atoms with Crippen molar-refractivity contribution >= 4 is 5.91 Å². The molecule has 0 saturated carbocycles. The molecule has 0 aliphatic carbocycles. The highest BCUT2D eigenvalue weighted by Gasteiger charge is 2.00. The first-order valence-electron chi connectivity index (χ1n) is 6.88. The van der Waals surface area contributed by atoms with Gasteiger partial charge in [0.05, 0.1) is 6.61 Å².